The van der Waals surface area contributed by atoms with Crippen molar-refractivity contribution in [2.45, 2.75) is 0 Å². The fourth-order valence-electron chi connectivity index (χ4n) is 1.36. The molecular weight excluding hydrogens is 258 g/mol. The molecule has 0 fully saturated rings. The first-order chi connectivity index (χ1) is 7.22. The molecule has 0 bridgehead atoms. The summed E-state index contributed by atoms with van der Waals surface area (Å²) in [7, 11) is 1.37. The van der Waals surface area contributed by atoms with E-state index in [1.807, 2.05) is 6.07 Å². The number of benzene rings is 1. The molecule has 4 heteroatoms. The maximum absolute atomic E-state index is 11.3. The second-order valence-corrected chi connectivity index (χ2v) is 3.87. The van der Waals surface area contributed by atoms with Crippen LogP contribution in [0.3, 0.4) is 0 Å². The van der Waals surface area contributed by atoms with Crippen LogP contribution in [0.1, 0.15) is 10.4 Å². The molecule has 76 valence electrons. The van der Waals surface area contributed by atoms with Crippen molar-refractivity contribution in [3.8, 4) is 0 Å². The Labute approximate surface area is 95.2 Å². The molecular formula is C11H8BrNO2. The van der Waals surface area contributed by atoms with E-state index in [9.17, 15) is 4.79 Å². The van der Waals surface area contributed by atoms with E-state index in [2.05, 4.69) is 25.7 Å². The number of aromatic nitrogens is 1. The Kier molecular flexibility index (Phi) is 2.68. The molecule has 0 radical (unpaired) electrons. The molecule has 2 rings (SSSR count). The summed E-state index contributed by atoms with van der Waals surface area (Å²) < 4.78 is 5.57. The maximum atomic E-state index is 11.3. The van der Waals surface area contributed by atoms with E-state index in [-0.39, 0.29) is 5.97 Å². The number of ether oxygens (including phenoxy) is 1. The normalized spacial score (nSPS) is 10.3. The Morgan fingerprint density at radius 2 is 2.20 bits per heavy atom. The number of fused-ring (bicyclic) bond motifs is 1. The van der Waals surface area contributed by atoms with Crippen LogP contribution in [-0.4, -0.2) is 18.1 Å². The number of nitrogens with zero attached hydrogens (tertiary/aromatic N) is 1. The van der Waals surface area contributed by atoms with Gasteiger partial charge in [0.1, 0.15) is 0 Å². The lowest BCUT2D eigenvalue weighted by Gasteiger charge is -2.02. The van der Waals surface area contributed by atoms with Crippen LogP contribution in [0.4, 0.5) is 0 Å². The van der Waals surface area contributed by atoms with Crippen LogP contribution in [0.15, 0.2) is 34.9 Å². The van der Waals surface area contributed by atoms with E-state index in [4.69, 9.17) is 0 Å². The van der Waals surface area contributed by atoms with Gasteiger partial charge in [-0.3, -0.25) is 4.98 Å². The summed E-state index contributed by atoms with van der Waals surface area (Å²) in [4.78, 5) is 15.5. The highest BCUT2D eigenvalue weighted by molar-refractivity contribution is 9.10. The molecule has 1 aromatic heterocycles. The lowest BCUT2D eigenvalue weighted by atomic mass is 10.1. The molecule has 0 spiro atoms. The first-order valence-corrected chi connectivity index (χ1v) is 5.14. The minimum absolute atomic E-state index is 0.340. The maximum Gasteiger partial charge on any atom is 0.337 e. The molecule has 0 aliphatic carbocycles. The number of halogens is 1. The van der Waals surface area contributed by atoms with Crippen molar-refractivity contribution in [3.63, 3.8) is 0 Å². The first-order valence-electron chi connectivity index (χ1n) is 4.35. The third kappa shape index (κ3) is 1.85. The summed E-state index contributed by atoms with van der Waals surface area (Å²) in [6.07, 6.45) is 1.71. The highest BCUT2D eigenvalue weighted by Gasteiger charge is 2.07. The molecule has 0 amide bonds. The number of methoxy groups -OCH3 is 1. The van der Waals surface area contributed by atoms with Gasteiger partial charge in [0.25, 0.3) is 0 Å². The van der Waals surface area contributed by atoms with Crippen molar-refractivity contribution >= 4 is 32.8 Å². The molecule has 1 aromatic carbocycles. The van der Waals surface area contributed by atoms with Crippen LogP contribution in [-0.2, 0) is 4.74 Å². The number of carbonyl (C=O) groups is 1. The summed E-state index contributed by atoms with van der Waals surface area (Å²) >= 11 is 3.41. The molecule has 3 nitrogen and oxygen atoms in total. The van der Waals surface area contributed by atoms with Gasteiger partial charge in [-0.2, -0.15) is 0 Å². The molecule has 0 aliphatic heterocycles. The Balaban J connectivity index is 2.64. The second kappa shape index (κ2) is 3.98. The van der Waals surface area contributed by atoms with Gasteiger partial charge in [0.15, 0.2) is 0 Å². The van der Waals surface area contributed by atoms with Crippen molar-refractivity contribution in [3.05, 3.63) is 40.5 Å². The predicted molar refractivity (Wildman–Crippen MR) is 60.8 cm³/mol. The Morgan fingerprint density at radius 1 is 1.40 bits per heavy atom. The van der Waals surface area contributed by atoms with Crippen molar-refractivity contribution in [1.82, 2.24) is 4.98 Å². The highest BCUT2D eigenvalue weighted by atomic mass is 79.9. The number of hydrogen-bond donors (Lipinski definition) is 0. The zero-order valence-corrected chi connectivity index (χ0v) is 9.61. The standard InChI is InChI=1S/C11H8BrNO2/c1-15-11(14)7-2-3-10-8(6-7)9(12)4-5-13-10/h2-6H,1H3. The number of hydrogen-bond acceptors (Lipinski definition) is 3. The van der Waals surface area contributed by atoms with Gasteiger partial charge >= 0.3 is 5.97 Å². The predicted octanol–water partition coefficient (Wildman–Crippen LogP) is 2.78. The molecule has 0 N–H and O–H groups in total. The van der Waals surface area contributed by atoms with Gasteiger partial charge in [0, 0.05) is 16.1 Å². The monoisotopic (exact) mass is 265 g/mol. The minimum Gasteiger partial charge on any atom is -0.465 e. The summed E-state index contributed by atoms with van der Waals surface area (Å²) in [5, 5.41) is 0.903. The van der Waals surface area contributed by atoms with Crippen molar-refractivity contribution in [2.24, 2.45) is 0 Å². The van der Waals surface area contributed by atoms with Crippen molar-refractivity contribution in [2.75, 3.05) is 7.11 Å². The SMILES string of the molecule is COC(=O)c1ccc2nccc(Br)c2c1. The third-order valence-electron chi connectivity index (χ3n) is 2.11. The molecule has 0 saturated heterocycles. The van der Waals surface area contributed by atoms with Gasteiger partial charge in [-0.25, -0.2) is 4.79 Å². The van der Waals surface area contributed by atoms with E-state index in [1.54, 1.807) is 24.4 Å². The van der Waals surface area contributed by atoms with Crippen LogP contribution in [0.25, 0.3) is 10.9 Å². The minimum atomic E-state index is -0.340. The lowest BCUT2D eigenvalue weighted by Crippen LogP contribution is -2.00. The molecule has 1 heterocycles. The second-order valence-electron chi connectivity index (χ2n) is 3.02. The first kappa shape index (κ1) is 10.1. The van der Waals surface area contributed by atoms with E-state index >= 15 is 0 Å². The zero-order valence-electron chi connectivity index (χ0n) is 8.03. The summed E-state index contributed by atoms with van der Waals surface area (Å²) in [5.74, 6) is -0.340. The number of rotatable bonds is 1. The van der Waals surface area contributed by atoms with Crippen LogP contribution in [0.2, 0.25) is 0 Å². The van der Waals surface area contributed by atoms with Crippen molar-refractivity contribution in [1.29, 1.82) is 0 Å². The van der Waals surface area contributed by atoms with Gasteiger partial charge in [-0.15, -0.1) is 0 Å². The molecule has 0 atom stereocenters. The van der Waals surface area contributed by atoms with Gasteiger partial charge in [-0.05, 0) is 24.3 Å². The Hall–Kier alpha value is -1.42. The van der Waals surface area contributed by atoms with E-state index in [1.165, 1.54) is 7.11 Å². The molecule has 0 aliphatic rings. The molecule has 0 saturated carbocycles. The van der Waals surface area contributed by atoms with Gasteiger partial charge in [0.05, 0.1) is 18.2 Å². The number of pyridine rings is 1. The third-order valence-corrected chi connectivity index (χ3v) is 2.80. The lowest BCUT2D eigenvalue weighted by molar-refractivity contribution is 0.0601. The smallest absolute Gasteiger partial charge is 0.337 e. The average Bonchev–Trinajstić information content (AvgIpc) is 2.28. The largest absolute Gasteiger partial charge is 0.465 e. The van der Waals surface area contributed by atoms with Crippen LogP contribution in [0, 0.1) is 0 Å². The zero-order chi connectivity index (χ0) is 10.8. The number of esters is 1. The topological polar surface area (TPSA) is 39.2 Å². The van der Waals surface area contributed by atoms with E-state index in [0.717, 1.165) is 15.4 Å². The summed E-state index contributed by atoms with van der Waals surface area (Å²) in [5.41, 5.74) is 1.37. The number of carbonyl (C=O) groups excluding carboxylic acids is 1. The van der Waals surface area contributed by atoms with Crippen LogP contribution in [0.5, 0.6) is 0 Å². The Morgan fingerprint density at radius 3 is 2.93 bits per heavy atom. The van der Waals surface area contributed by atoms with E-state index in [0.29, 0.717) is 5.56 Å². The fraction of sp³-hybridized carbons (Fsp3) is 0.0909. The van der Waals surface area contributed by atoms with E-state index < -0.39 is 0 Å². The van der Waals surface area contributed by atoms with Crippen molar-refractivity contribution < 1.29 is 9.53 Å². The quantitative estimate of drug-likeness (QED) is 0.745. The molecule has 0 unspecified atom stereocenters. The van der Waals surface area contributed by atoms with Crippen LogP contribution >= 0.6 is 15.9 Å². The fourth-order valence-corrected chi connectivity index (χ4v) is 1.79. The van der Waals surface area contributed by atoms with Gasteiger partial charge in [0.2, 0.25) is 0 Å². The summed E-state index contributed by atoms with van der Waals surface area (Å²) in [6.45, 7) is 0. The Bertz CT molecular complexity index is 525. The molecule has 15 heavy (non-hydrogen) atoms. The van der Waals surface area contributed by atoms with Crippen LogP contribution < -0.4 is 0 Å². The highest BCUT2D eigenvalue weighted by Crippen LogP contribution is 2.23. The van der Waals surface area contributed by atoms with Gasteiger partial charge < -0.3 is 4.74 Å². The average molecular weight is 266 g/mol. The molecule has 2 aromatic rings. The van der Waals surface area contributed by atoms with Gasteiger partial charge in [-0.1, -0.05) is 15.9 Å². The summed E-state index contributed by atoms with van der Waals surface area (Å²) in [6, 6.07) is 7.10.